The molecule has 0 N–H and O–H groups in total. The standard InChI is InChI=1S/C16H17NO/c1-13(2)11-12-17-15(9-6-10-16(17)18)14-7-4-3-5-8-14/h3-11H,12H2,1-2H3. The molecule has 0 unspecified atom stereocenters. The predicted octanol–water partition coefficient (Wildman–Crippen LogP) is 3.48. The SMILES string of the molecule is CC(C)=CCn1c(-c2ccccc2)cccc1=O. The van der Waals surface area contributed by atoms with Crippen molar-refractivity contribution in [3.05, 3.63) is 70.5 Å². The second kappa shape index (κ2) is 5.50. The summed E-state index contributed by atoms with van der Waals surface area (Å²) in [5.74, 6) is 0. The smallest absolute Gasteiger partial charge is 0.251 e. The summed E-state index contributed by atoms with van der Waals surface area (Å²) in [6.07, 6.45) is 2.06. The number of hydrogen-bond acceptors (Lipinski definition) is 1. The predicted molar refractivity (Wildman–Crippen MR) is 75.6 cm³/mol. The fraction of sp³-hybridized carbons (Fsp3) is 0.188. The zero-order valence-electron chi connectivity index (χ0n) is 10.8. The molecule has 0 bridgehead atoms. The molecule has 0 radical (unpaired) electrons. The van der Waals surface area contributed by atoms with E-state index >= 15 is 0 Å². The quantitative estimate of drug-likeness (QED) is 0.752. The zero-order valence-corrected chi connectivity index (χ0v) is 10.8. The molecule has 1 aromatic heterocycles. The van der Waals surface area contributed by atoms with Crippen molar-refractivity contribution >= 4 is 0 Å². The third kappa shape index (κ3) is 2.77. The Bertz CT molecular complexity index is 604. The maximum Gasteiger partial charge on any atom is 0.251 e. The van der Waals surface area contributed by atoms with Gasteiger partial charge in [0.05, 0.1) is 5.69 Å². The molecule has 0 saturated heterocycles. The third-order valence-electron chi connectivity index (χ3n) is 2.80. The molecule has 0 aliphatic heterocycles. The molecule has 0 atom stereocenters. The average Bonchev–Trinajstić information content (AvgIpc) is 2.38. The van der Waals surface area contributed by atoms with Crippen LogP contribution in [0.2, 0.25) is 0 Å². The van der Waals surface area contributed by atoms with Gasteiger partial charge in [-0.2, -0.15) is 0 Å². The Morgan fingerprint density at radius 3 is 2.44 bits per heavy atom. The summed E-state index contributed by atoms with van der Waals surface area (Å²) in [4.78, 5) is 12.0. The number of rotatable bonds is 3. The van der Waals surface area contributed by atoms with E-state index in [1.807, 2.05) is 56.3 Å². The monoisotopic (exact) mass is 239 g/mol. The summed E-state index contributed by atoms with van der Waals surface area (Å²) in [5.41, 5.74) is 3.27. The highest BCUT2D eigenvalue weighted by Gasteiger charge is 2.03. The van der Waals surface area contributed by atoms with E-state index in [0.29, 0.717) is 6.54 Å². The summed E-state index contributed by atoms with van der Waals surface area (Å²) in [6.45, 7) is 4.69. The van der Waals surface area contributed by atoms with Crippen molar-refractivity contribution in [1.82, 2.24) is 4.57 Å². The van der Waals surface area contributed by atoms with E-state index in [2.05, 4.69) is 6.08 Å². The van der Waals surface area contributed by atoms with Gasteiger partial charge < -0.3 is 4.57 Å². The molecule has 1 aromatic carbocycles. The molecule has 1 heterocycles. The minimum atomic E-state index is 0.0360. The Hall–Kier alpha value is -2.09. The summed E-state index contributed by atoms with van der Waals surface area (Å²) in [6, 6.07) is 15.4. The van der Waals surface area contributed by atoms with Crippen LogP contribution in [0, 0.1) is 0 Å². The normalized spacial score (nSPS) is 10.1. The van der Waals surface area contributed by atoms with Gasteiger partial charge in [0.2, 0.25) is 0 Å². The molecule has 2 nitrogen and oxygen atoms in total. The molecule has 18 heavy (non-hydrogen) atoms. The van der Waals surface area contributed by atoms with E-state index in [1.54, 1.807) is 10.6 Å². The van der Waals surface area contributed by atoms with Crippen molar-refractivity contribution in [2.45, 2.75) is 20.4 Å². The minimum absolute atomic E-state index is 0.0360. The third-order valence-corrected chi connectivity index (χ3v) is 2.80. The van der Waals surface area contributed by atoms with Crippen LogP contribution < -0.4 is 5.56 Å². The highest BCUT2D eigenvalue weighted by Crippen LogP contribution is 2.17. The molecule has 2 heteroatoms. The van der Waals surface area contributed by atoms with Gasteiger partial charge in [-0.05, 0) is 25.5 Å². The van der Waals surface area contributed by atoms with E-state index in [4.69, 9.17) is 0 Å². The zero-order chi connectivity index (χ0) is 13.0. The maximum atomic E-state index is 12.0. The topological polar surface area (TPSA) is 22.0 Å². The van der Waals surface area contributed by atoms with Gasteiger partial charge in [0, 0.05) is 12.6 Å². The highest BCUT2D eigenvalue weighted by atomic mass is 16.1. The highest BCUT2D eigenvalue weighted by molar-refractivity contribution is 5.59. The molecule has 2 aromatic rings. The van der Waals surface area contributed by atoms with E-state index in [-0.39, 0.29) is 5.56 Å². The maximum absolute atomic E-state index is 12.0. The molecule has 0 aliphatic carbocycles. The molecule has 92 valence electrons. The Kier molecular flexibility index (Phi) is 3.78. The van der Waals surface area contributed by atoms with E-state index in [0.717, 1.165) is 11.3 Å². The number of aromatic nitrogens is 1. The van der Waals surface area contributed by atoms with Crippen LogP contribution in [0.25, 0.3) is 11.3 Å². The number of nitrogens with zero attached hydrogens (tertiary/aromatic N) is 1. The van der Waals surface area contributed by atoms with Gasteiger partial charge in [0.25, 0.3) is 5.56 Å². The number of benzene rings is 1. The van der Waals surface area contributed by atoms with Crippen molar-refractivity contribution in [3.8, 4) is 11.3 Å². The van der Waals surface area contributed by atoms with Gasteiger partial charge in [0.1, 0.15) is 0 Å². The average molecular weight is 239 g/mol. The molecule has 0 saturated carbocycles. The van der Waals surface area contributed by atoms with Gasteiger partial charge in [-0.3, -0.25) is 4.79 Å². The van der Waals surface area contributed by atoms with Crippen LogP contribution in [-0.4, -0.2) is 4.57 Å². The van der Waals surface area contributed by atoms with E-state index in [9.17, 15) is 4.79 Å². The second-order valence-electron chi connectivity index (χ2n) is 4.51. The molecular formula is C16H17NO. The van der Waals surface area contributed by atoms with Crippen LogP contribution in [-0.2, 0) is 6.54 Å². The van der Waals surface area contributed by atoms with Gasteiger partial charge >= 0.3 is 0 Å². The lowest BCUT2D eigenvalue weighted by molar-refractivity contribution is 0.784. The lowest BCUT2D eigenvalue weighted by atomic mass is 10.1. The first-order chi connectivity index (χ1) is 8.68. The number of allylic oxidation sites excluding steroid dienone is 2. The van der Waals surface area contributed by atoms with Crippen molar-refractivity contribution < 1.29 is 0 Å². The Morgan fingerprint density at radius 2 is 1.78 bits per heavy atom. The second-order valence-corrected chi connectivity index (χ2v) is 4.51. The minimum Gasteiger partial charge on any atom is -0.304 e. The van der Waals surface area contributed by atoms with Crippen LogP contribution in [0.4, 0.5) is 0 Å². The lowest BCUT2D eigenvalue weighted by Gasteiger charge is -2.11. The van der Waals surface area contributed by atoms with Crippen LogP contribution in [0.1, 0.15) is 13.8 Å². The number of pyridine rings is 1. The summed E-state index contributed by atoms with van der Waals surface area (Å²) < 4.78 is 1.79. The Labute approximate surface area is 107 Å². The molecule has 2 rings (SSSR count). The largest absolute Gasteiger partial charge is 0.304 e. The first-order valence-corrected chi connectivity index (χ1v) is 6.07. The lowest BCUT2D eigenvalue weighted by Crippen LogP contribution is -2.19. The fourth-order valence-electron chi connectivity index (χ4n) is 1.84. The molecule has 0 fully saturated rings. The number of hydrogen-bond donors (Lipinski definition) is 0. The van der Waals surface area contributed by atoms with Crippen LogP contribution in [0.3, 0.4) is 0 Å². The summed E-state index contributed by atoms with van der Waals surface area (Å²) in [7, 11) is 0. The van der Waals surface area contributed by atoms with Gasteiger partial charge in [-0.1, -0.05) is 48.0 Å². The first-order valence-electron chi connectivity index (χ1n) is 6.07. The van der Waals surface area contributed by atoms with E-state index < -0.39 is 0 Å². The fourth-order valence-corrected chi connectivity index (χ4v) is 1.84. The first kappa shape index (κ1) is 12.4. The van der Waals surface area contributed by atoms with Gasteiger partial charge in [-0.25, -0.2) is 0 Å². The summed E-state index contributed by atoms with van der Waals surface area (Å²) in [5, 5.41) is 0. The van der Waals surface area contributed by atoms with Crippen LogP contribution in [0.5, 0.6) is 0 Å². The van der Waals surface area contributed by atoms with Crippen molar-refractivity contribution in [1.29, 1.82) is 0 Å². The van der Waals surface area contributed by atoms with Gasteiger partial charge in [0.15, 0.2) is 0 Å². The van der Waals surface area contributed by atoms with Gasteiger partial charge in [-0.15, -0.1) is 0 Å². The summed E-state index contributed by atoms with van der Waals surface area (Å²) >= 11 is 0. The van der Waals surface area contributed by atoms with Crippen molar-refractivity contribution in [2.24, 2.45) is 0 Å². The van der Waals surface area contributed by atoms with Crippen molar-refractivity contribution in [3.63, 3.8) is 0 Å². The van der Waals surface area contributed by atoms with E-state index in [1.165, 1.54) is 5.57 Å². The Balaban J connectivity index is 2.51. The molecule has 0 aliphatic rings. The van der Waals surface area contributed by atoms with Crippen LogP contribution >= 0.6 is 0 Å². The van der Waals surface area contributed by atoms with Crippen LogP contribution in [0.15, 0.2) is 65.0 Å². The van der Waals surface area contributed by atoms with Crippen molar-refractivity contribution in [2.75, 3.05) is 0 Å². The molecule has 0 spiro atoms. The molecule has 0 amide bonds. The molecular weight excluding hydrogens is 222 g/mol. The Morgan fingerprint density at radius 1 is 1.06 bits per heavy atom.